The lowest BCUT2D eigenvalue weighted by Crippen LogP contribution is -2.33. The summed E-state index contributed by atoms with van der Waals surface area (Å²) >= 11 is 29.5. The van der Waals surface area contributed by atoms with Crippen LogP contribution in [0.2, 0.25) is 15.1 Å². The zero-order chi connectivity index (χ0) is 31.2. The van der Waals surface area contributed by atoms with Crippen LogP contribution in [0.15, 0.2) is 39.9 Å². The lowest BCUT2D eigenvalue weighted by atomic mass is 9.86. The smallest absolute Gasteiger partial charge is 0.262 e. The highest BCUT2D eigenvalue weighted by molar-refractivity contribution is 7.71. The van der Waals surface area contributed by atoms with Crippen molar-refractivity contribution in [2.45, 2.75) is 12.5 Å². The monoisotopic (exact) mass is 670 g/mol. The SMILES string of the molecule is COc1cc(C(c2c(O)n(C)c(=S)n(C)c2=O)c2c(O)n(C)c(=S)n(C)c2=O)cc(Cl)c1OCc1ccc(Cl)cc1Cl. The Labute approximate surface area is 265 Å². The Morgan fingerprint density at radius 1 is 0.810 bits per heavy atom. The van der Waals surface area contributed by atoms with Gasteiger partial charge < -0.3 is 19.7 Å². The summed E-state index contributed by atoms with van der Waals surface area (Å²) in [6.45, 7) is 0.0176. The summed E-state index contributed by atoms with van der Waals surface area (Å²) in [7, 11) is 7.18. The normalized spacial score (nSPS) is 11.3. The molecule has 0 unspecified atom stereocenters. The van der Waals surface area contributed by atoms with E-state index < -0.39 is 28.8 Å². The Morgan fingerprint density at radius 2 is 1.33 bits per heavy atom. The van der Waals surface area contributed by atoms with Gasteiger partial charge in [0.05, 0.1) is 29.2 Å². The van der Waals surface area contributed by atoms with E-state index >= 15 is 0 Å². The minimum Gasteiger partial charge on any atom is -0.494 e. The predicted octanol–water partition coefficient (Wildman–Crippen LogP) is 5.36. The van der Waals surface area contributed by atoms with Gasteiger partial charge in [-0.3, -0.25) is 27.9 Å². The van der Waals surface area contributed by atoms with Gasteiger partial charge in [-0.2, -0.15) is 0 Å². The molecule has 10 nitrogen and oxygen atoms in total. The number of hydrogen-bond donors (Lipinski definition) is 2. The number of rotatable bonds is 7. The van der Waals surface area contributed by atoms with Crippen molar-refractivity contribution in [3.8, 4) is 23.3 Å². The molecule has 0 aliphatic heterocycles. The van der Waals surface area contributed by atoms with Crippen LogP contribution in [0.3, 0.4) is 0 Å². The number of benzene rings is 2. The molecule has 0 radical (unpaired) electrons. The molecule has 0 spiro atoms. The number of aromatic hydroxyl groups is 2. The molecule has 2 aromatic carbocycles. The topological polar surface area (TPSA) is 113 Å². The Balaban J connectivity index is 2.02. The number of methoxy groups -OCH3 is 1. The standard InChI is InChI=1S/C27H25Cl3N4O6S2/c1-31-22(35)19(23(36)32(2)26(31)41)18(20-24(37)33(3)27(42)34(4)25(20)38)13-8-16(30)21(17(9-13)39-5)40-11-12-6-7-14(28)10-15(12)29/h6-10,18,35,37H,11H2,1-5H3. The lowest BCUT2D eigenvalue weighted by Gasteiger charge is -2.24. The van der Waals surface area contributed by atoms with Gasteiger partial charge in [0.25, 0.3) is 11.1 Å². The third-order valence-electron chi connectivity index (χ3n) is 6.88. The van der Waals surface area contributed by atoms with Crippen molar-refractivity contribution in [2.75, 3.05) is 7.11 Å². The summed E-state index contributed by atoms with van der Waals surface area (Å²) in [5, 5.41) is 23.3. The zero-order valence-corrected chi connectivity index (χ0v) is 26.8. The summed E-state index contributed by atoms with van der Waals surface area (Å²) in [6, 6.07) is 7.90. The van der Waals surface area contributed by atoms with E-state index in [9.17, 15) is 19.8 Å². The quantitative estimate of drug-likeness (QED) is 0.253. The molecule has 2 N–H and O–H groups in total. The van der Waals surface area contributed by atoms with Gasteiger partial charge in [0.1, 0.15) is 6.61 Å². The number of hydrogen-bond acceptors (Lipinski definition) is 8. The maximum Gasteiger partial charge on any atom is 0.262 e. The molecule has 42 heavy (non-hydrogen) atoms. The maximum atomic E-state index is 13.6. The van der Waals surface area contributed by atoms with E-state index in [1.165, 1.54) is 56.6 Å². The summed E-state index contributed by atoms with van der Waals surface area (Å²) in [5.41, 5.74) is -1.01. The lowest BCUT2D eigenvalue weighted by molar-refractivity contribution is 0.284. The van der Waals surface area contributed by atoms with Crippen LogP contribution >= 0.6 is 59.2 Å². The van der Waals surface area contributed by atoms with Gasteiger partial charge in [-0.25, -0.2) is 0 Å². The summed E-state index contributed by atoms with van der Waals surface area (Å²) in [5.74, 6) is -2.06. The molecule has 0 aliphatic rings. The Hall–Kier alpha value is -3.29. The van der Waals surface area contributed by atoms with E-state index in [2.05, 4.69) is 0 Å². The number of nitrogens with zero attached hydrogens (tertiary/aromatic N) is 4. The van der Waals surface area contributed by atoms with E-state index in [4.69, 9.17) is 68.7 Å². The molecule has 0 amide bonds. The van der Waals surface area contributed by atoms with Crippen molar-refractivity contribution >= 4 is 59.2 Å². The van der Waals surface area contributed by atoms with E-state index in [0.29, 0.717) is 15.6 Å². The van der Waals surface area contributed by atoms with Crippen molar-refractivity contribution in [2.24, 2.45) is 28.2 Å². The van der Waals surface area contributed by atoms with E-state index in [1.54, 1.807) is 18.2 Å². The third kappa shape index (κ3) is 5.45. The van der Waals surface area contributed by atoms with Crippen molar-refractivity contribution in [3.63, 3.8) is 0 Å². The first-order valence-corrected chi connectivity index (χ1v) is 14.1. The predicted molar refractivity (Wildman–Crippen MR) is 166 cm³/mol. The molecule has 0 aliphatic carbocycles. The molecular formula is C27H25Cl3N4O6S2. The van der Waals surface area contributed by atoms with Crippen LogP contribution in [0.4, 0.5) is 0 Å². The van der Waals surface area contributed by atoms with Crippen molar-refractivity contribution < 1.29 is 19.7 Å². The van der Waals surface area contributed by atoms with E-state index in [-0.39, 0.29) is 49.4 Å². The Kier molecular flexibility index (Phi) is 9.14. The van der Waals surface area contributed by atoms with Crippen molar-refractivity contribution in [1.82, 2.24) is 18.3 Å². The second kappa shape index (κ2) is 12.1. The van der Waals surface area contributed by atoms with E-state index in [0.717, 1.165) is 9.13 Å². The van der Waals surface area contributed by atoms with Gasteiger partial charge in [0.15, 0.2) is 21.0 Å². The highest BCUT2D eigenvalue weighted by Gasteiger charge is 2.33. The first-order valence-electron chi connectivity index (χ1n) is 12.1. The van der Waals surface area contributed by atoms with Crippen LogP contribution < -0.4 is 20.6 Å². The molecule has 0 saturated carbocycles. The molecule has 0 bridgehead atoms. The average molecular weight is 672 g/mol. The number of aromatic nitrogens is 4. The second-order valence-electron chi connectivity index (χ2n) is 9.38. The molecule has 0 fully saturated rings. The highest BCUT2D eigenvalue weighted by atomic mass is 35.5. The Morgan fingerprint density at radius 3 is 1.81 bits per heavy atom. The molecule has 2 aromatic heterocycles. The molecule has 2 heterocycles. The molecule has 4 aromatic rings. The summed E-state index contributed by atoms with van der Waals surface area (Å²) in [6.07, 6.45) is 0. The molecule has 4 rings (SSSR count). The average Bonchev–Trinajstić information content (AvgIpc) is 2.96. The van der Waals surface area contributed by atoms with Gasteiger partial charge in [-0.05, 0) is 54.3 Å². The summed E-state index contributed by atoms with van der Waals surface area (Å²) in [4.78, 5) is 27.3. The van der Waals surface area contributed by atoms with Crippen LogP contribution in [0.5, 0.6) is 23.3 Å². The Bertz CT molecular complexity index is 1900. The van der Waals surface area contributed by atoms with Gasteiger partial charge in [-0.1, -0.05) is 40.9 Å². The van der Waals surface area contributed by atoms with Gasteiger partial charge in [0.2, 0.25) is 11.8 Å². The van der Waals surface area contributed by atoms with Crippen LogP contribution in [0.25, 0.3) is 0 Å². The van der Waals surface area contributed by atoms with Crippen LogP contribution in [0, 0.1) is 9.54 Å². The minimum atomic E-state index is -1.35. The van der Waals surface area contributed by atoms with Gasteiger partial charge >= 0.3 is 0 Å². The van der Waals surface area contributed by atoms with Crippen LogP contribution in [0.1, 0.15) is 28.2 Å². The fourth-order valence-corrected chi connectivity index (χ4v) is 5.61. The van der Waals surface area contributed by atoms with Crippen molar-refractivity contribution in [1.29, 1.82) is 0 Å². The molecule has 0 saturated heterocycles. The van der Waals surface area contributed by atoms with Gasteiger partial charge in [0, 0.05) is 43.8 Å². The molecule has 15 heteroatoms. The molecule has 222 valence electrons. The first kappa shape index (κ1) is 31.6. The van der Waals surface area contributed by atoms with Crippen molar-refractivity contribution in [3.05, 3.63) is 97.9 Å². The molecular weight excluding hydrogens is 647 g/mol. The minimum absolute atomic E-state index is 0.0176. The van der Waals surface area contributed by atoms with Crippen LogP contribution in [-0.4, -0.2) is 35.6 Å². The summed E-state index contributed by atoms with van der Waals surface area (Å²) < 4.78 is 16.3. The maximum absolute atomic E-state index is 13.6. The second-order valence-corrected chi connectivity index (χ2v) is 11.4. The third-order valence-corrected chi connectivity index (χ3v) is 8.85. The van der Waals surface area contributed by atoms with E-state index in [1.807, 2.05) is 0 Å². The molecule has 0 atom stereocenters. The largest absolute Gasteiger partial charge is 0.494 e. The fraction of sp³-hybridized carbons (Fsp3) is 0.259. The fourth-order valence-electron chi connectivity index (χ4n) is 4.54. The number of halogens is 3. The first-order chi connectivity index (χ1) is 19.7. The van der Waals surface area contributed by atoms with Gasteiger partial charge in [-0.15, -0.1) is 0 Å². The highest BCUT2D eigenvalue weighted by Crippen LogP contribution is 2.44. The zero-order valence-electron chi connectivity index (χ0n) is 22.9. The van der Waals surface area contributed by atoms with Crippen LogP contribution in [-0.2, 0) is 34.8 Å². The number of ether oxygens (including phenoxy) is 2.